The molecule has 0 heterocycles. The van der Waals surface area contributed by atoms with E-state index < -0.39 is 16.0 Å². The van der Waals surface area contributed by atoms with Crippen LogP contribution in [0, 0.1) is 6.92 Å². The molecule has 2 aromatic rings. The lowest BCUT2D eigenvalue weighted by Gasteiger charge is -2.25. The number of nitrogens with zero attached hydrogens (tertiary/aromatic N) is 1. The monoisotopic (exact) mass is 387 g/mol. The summed E-state index contributed by atoms with van der Waals surface area (Å²) in [6.07, 6.45) is -0.367. The van der Waals surface area contributed by atoms with Gasteiger partial charge in [-0.1, -0.05) is 40.9 Å². The van der Waals surface area contributed by atoms with Gasteiger partial charge in [0.2, 0.25) is 0 Å². The van der Waals surface area contributed by atoms with E-state index in [9.17, 15) is 13.2 Å². The summed E-state index contributed by atoms with van der Waals surface area (Å²) in [4.78, 5) is 11.0. The number of sulfonamides is 1. The quantitative estimate of drug-likeness (QED) is 0.813. The van der Waals surface area contributed by atoms with Gasteiger partial charge in [-0.05, 0) is 37.3 Å². The molecule has 1 N–H and O–H groups in total. The topological polar surface area (TPSA) is 74.7 Å². The number of rotatable bonds is 6. The number of carboxylic acids is 1. The summed E-state index contributed by atoms with van der Waals surface area (Å²) < 4.78 is 26.9. The molecule has 0 radical (unpaired) electrons. The minimum atomic E-state index is -3.98. The first-order chi connectivity index (χ1) is 11.2. The van der Waals surface area contributed by atoms with Crippen molar-refractivity contribution in [2.45, 2.75) is 18.2 Å². The van der Waals surface area contributed by atoms with E-state index in [2.05, 4.69) is 0 Å². The molecule has 0 atom stereocenters. The predicted molar refractivity (Wildman–Crippen MR) is 94.4 cm³/mol. The van der Waals surface area contributed by atoms with Crippen LogP contribution in [0.5, 0.6) is 0 Å². The molecule has 2 aromatic carbocycles. The van der Waals surface area contributed by atoms with Gasteiger partial charge < -0.3 is 5.11 Å². The third kappa shape index (κ3) is 4.20. The Hall–Kier alpha value is -1.76. The molecule has 8 heteroatoms. The van der Waals surface area contributed by atoms with Crippen LogP contribution in [0.25, 0.3) is 0 Å². The van der Waals surface area contributed by atoms with E-state index in [1.54, 1.807) is 12.1 Å². The Labute approximate surface area is 150 Å². The van der Waals surface area contributed by atoms with Crippen LogP contribution in [0.4, 0.5) is 5.69 Å². The number of hydrogen-bond acceptors (Lipinski definition) is 3. The zero-order valence-corrected chi connectivity index (χ0v) is 15.1. The average Bonchev–Trinajstić information content (AvgIpc) is 2.50. The maximum Gasteiger partial charge on any atom is 0.305 e. The van der Waals surface area contributed by atoms with Crippen molar-refractivity contribution in [3.63, 3.8) is 0 Å². The first-order valence-electron chi connectivity index (χ1n) is 6.98. The van der Waals surface area contributed by atoms with Crippen molar-refractivity contribution in [2.24, 2.45) is 0 Å². The van der Waals surface area contributed by atoms with Crippen molar-refractivity contribution < 1.29 is 18.3 Å². The van der Waals surface area contributed by atoms with Crippen molar-refractivity contribution in [1.82, 2.24) is 0 Å². The number of aliphatic carboxylic acids is 1. The van der Waals surface area contributed by atoms with Crippen molar-refractivity contribution in [3.8, 4) is 0 Å². The van der Waals surface area contributed by atoms with Gasteiger partial charge in [0.25, 0.3) is 10.0 Å². The van der Waals surface area contributed by atoms with Crippen LogP contribution in [0.2, 0.25) is 10.0 Å². The lowest BCUT2D eigenvalue weighted by Crippen LogP contribution is -2.33. The summed E-state index contributed by atoms with van der Waals surface area (Å²) >= 11 is 12.1. The minimum absolute atomic E-state index is 0.0505. The molecule has 0 aliphatic carbocycles. The third-order valence-corrected chi connectivity index (χ3v) is 5.70. The van der Waals surface area contributed by atoms with Gasteiger partial charge >= 0.3 is 5.97 Å². The van der Waals surface area contributed by atoms with Crippen LogP contribution in [0.3, 0.4) is 0 Å². The maximum atomic E-state index is 13.0. The molecule has 0 bridgehead atoms. The van der Waals surface area contributed by atoms with Crippen molar-refractivity contribution in [1.29, 1.82) is 0 Å². The van der Waals surface area contributed by atoms with Gasteiger partial charge in [-0.25, -0.2) is 8.42 Å². The third-order valence-electron chi connectivity index (χ3n) is 3.31. The van der Waals surface area contributed by atoms with E-state index >= 15 is 0 Å². The lowest BCUT2D eigenvalue weighted by atomic mass is 10.2. The fourth-order valence-electron chi connectivity index (χ4n) is 2.08. The number of carbonyl (C=O) groups is 1. The molecular weight excluding hydrogens is 373 g/mol. The molecule has 5 nitrogen and oxygen atoms in total. The van der Waals surface area contributed by atoms with Gasteiger partial charge in [0.1, 0.15) is 0 Å². The number of anilines is 1. The van der Waals surface area contributed by atoms with Crippen molar-refractivity contribution >= 4 is 44.9 Å². The van der Waals surface area contributed by atoms with Gasteiger partial charge in [0.05, 0.1) is 22.0 Å². The maximum absolute atomic E-state index is 13.0. The summed E-state index contributed by atoms with van der Waals surface area (Å²) in [5.74, 6) is -1.11. The zero-order chi connectivity index (χ0) is 17.9. The second-order valence-corrected chi connectivity index (χ2v) is 7.84. The molecular formula is C16H15Cl2NO4S. The van der Waals surface area contributed by atoms with Gasteiger partial charge in [-0.3, -0.25) is 9.10 Å². The van der Waals surface area contributed by atoms with Gasteiger partial charge in [-0.15, -0.1) is 0 Å². The van der Waals surface area contributed by atoms with E-state index in [0.717, 1.165) is 9.87 Å². The van der Waals surface area contributed by atoms with Crippen LogP contribution >= 0.6 is 23.2 Å². The Morgan fingerprint density at radius 2 is 1.75 bits per heavy atom. The molecule has 0 aliphatic heterocycles. The Bertz CT molecular complexity index is 851. The molecule has 0 unspecified atom stereocenters. The normalized spacial score (nSPS) is 11.3. The molecule has 0 fully saturated rings. The number of aryl methyl sites for hydroxylation is 1. The lowest BCUT2D eigenvalue weighted by molar-refractivity contribution is -0.136. The Balaban J connectivity index is 2.54. The van der Waals surface area contributed by atoms with Crippen molar-refractivity contribution in [3.05, 3.63) is 58.1 Å². The number of hydrogen-bond donors (Lipinski definition) is 1. The first-order valence-corrected chi connectivity index (χ1v) is 9.17. The highest BCUT2D eigenvalue weighted by molar-refractivity contribution is 7.92. The number of benzene rings is 2. The second kappa shape index (κ2) is 7.42. The predicted octanol–water partition coefficient (Wildman–Crippen LogP) is 3.97. The molecule has 0 aliphatic rings. The molecule has 128 valence electrons. The SMILES string of the molecule is Cc1ccc(S(=O)(=O)N(CCC(=O)O)c2cc(Cl)ccc2Cl)cc1. The van der Waals surface area contributed by atoms with E-state index in [1.807, 2.05) is 6.92 Å². The van der Waals surface area contributed by atoms with E-state index in [-0.39, 0.29) is 28.6 Å². The van der Waals surface area contributed by atoms with E-state index in [1.165, 1.54) is 30.3 Å². The Kier molecular flexibility index (Phi) is 5.74. The molecule has 0 saturated heterocycles. The summed E-state index contributed by atoms with van der Waals surface area (Å²) in [5.41, 5.74) is 1.05. The summed E-state index contributed by atoms with van der Waals surface area (Å²) in [6.45, 7) is 1.58. The Morgan fingerprint density at radius 3 is 2.33 bits per heavy atom. The summed E-state index contributed by atoms with van der Waals surface area (Å²) in [7, 11) is -3.98. The van der Waals surface area contributed by atoms with Crippen molar-refractivity contribution in [2.75, 3.05) is 10.8 Å². The zero-order valence-electron chi connectivity index (χ0n) is 12.7. The van der Waals surface area contributed by atoms with Crippen LogP contribution < -0.4 is 4.31 Å². The highest BCUT2D eigenvalue weighted by atomic mass is 35.5. The standard InChI is InChI=1S/C16H15Cl2NO4S/c1-11-2-5-13(6-3-11)24(22,23)19(9-8-16(20)21)15-10-12(17)4-7-14(15)18/h2-7,10H,8-9H2,1H3,(H,20,21). The Morgan fingerprint density at radius 1 is 1.12 bits per heavy atom. The summed E-state index contributed by atoms with van der Waals surface area (Å²) in [5, 5.41) is 9.39. The number of carboxylic acid groups (broad SMARTS) is 1. The largest absolute Gasteiger partial charge is 0.481 e. The van der Waals surface area contributed by atoms with Gasteiger partial charge in [-0.2, -0.15) is 0 Å². The van der Waals surface area contributed by atoms with Gasteiger partial charge in [0, 0.05) is 11.6 Å². The second-order valence-electron chi connectivity index (χ2n) is 5.13. The molecule has 0 aromatic heterocycles. The van der Waals surface area contributed by atoms with Crippen LogP contribution in [-0.2, 0) is 14.8 Å². The minimum Gasteiger partial charge on any atom is -0.481 e. The van der Waals surface area contributed by atoms with E-state index in [4.69, 9.17) is 28.3 Å². The average molecular weight is 388 g/mol. The summed E-state index contributed by atoms with van der Waals surface area (Å²) in [6, 6.07) is 10.7. The fourth-order valence-corrected chi connectivity index (χ4v) is 3.99. The fraction of sp³-hybridized carbons (Fsp3) is 0.188. The van der Waals surface area contributed by atoms with E-state index in [0.29, 0.717) is 5.02 Å². The van der Waals surface area contributed by atoms with Gasteiger partial charge in [0.15, 0.2) is 0 Å². The van der Waals surface area contributed by atoms with Crippen LogP contribution in [-0.4, -0.2) is 26.0 Å². The number of halogens is 2. The molecule has 2 rings (SSSR count). The molecule has 0 spiro atoms. The van der Waals surface area contributed by atoms with Crippen LogP contribution in [0.15, 0.2) is 47.4 Å². The first kappa shape index (κ1) is 18.6. The highest BCUT2D eigenvalue weighted by Gasteiger charge is 2.27. The molecule has 0 saturated carbocycles. The molecule has 0 amide bonds. The smallest absolute Gasteiger partial charge is 0.305 e. The highest BCUT2D eigenvalue weighted by Crippen LogP contribution is 2.33. The molecule has 24 heavy (non-hydrogen) atoms. The van der Waals surface area contributed by atoms with Crippen LogP contribution in [0.1, 0.15) is 12.0 Å².